The molecule has 0 aliphatic heterocycles. The maximum Gasteiger partial charge on any atom is 0.312 e. The molecule has 6 N–H and O–H groups in total. The van der Waals surface area contributed by atoms with Gasteiger partial charge in [-0.15, -0.1) is 0 Å². The molecule has 0 bridgehead atoms. The summed E-state index contributed by atoms with van der Waals surface area (Å²) in [6.45, 7) is 0.786. The van der Waals surface area contributed by atoms with Crippen molar-refractivity contribution >= 4 is 27.2 Å². The molecule has 0 heterocycles. The van der Waals surface area contributed by atoms with Crippen LogP contribution in [-0.4, -0.2) is 33.8 Å². The Bertz CT molecular complexity index is 542. The fourth-order valence-electron chi connectivity index (χ4n) is 1.32. The lowest BCUT2D eigenvalue weighted by Crippen LogP contribution is -2.33. The summed E-state index contributed by atoms with van der Waals surface area (Å²) in [6.07, 6.45) is 1.12. The number of primary amides is 1. The molecule has 7 nitrogen and oxygen atoms in total. The third-order valence-corrected chi connectivity index (χ3v) is 3.30. The highest BCUT2D eigenvalue weighted by Gasteiger charge is 2.09. The van der Waals surface area contributed by atoms with Gasteiger partial charge in [0.2, 0.25) is 0 Å². The average molecular weight is 272 g/mol. The molecule has 0 aliphatic carbocycles. The predicted molar refractivity (Wildman–Crippen MR) is 70.0 cm³/mol. The topological polar surface area (TPSA) is 127 Å². The van der Waals surface area contributed by atoms with Crippen molar-refractivity contribution in [3.05, 3.63) is 18.2 Å². The van der Waals surface area contributed by atoms with Crippen LogP contribution in [0.5, 0.6) is 0 Å². The van der Waals surface area contributed by atoms with Crippen molar-refractivity contribution in [2.75, 3.05) is 30.4 Å². The molecule has 8 heteroatoms. The lowest BCUT2D eigenvalue weighted by molar-refractivity contribution is 0.249. The van der Waals surface area contributed by atoms with Crippen LogP contribution in [-0.2, 0) is 9.84 Å². The third-order valence-electron chi connectivity index (χ3n) is 2.19. The van der Waals surface area contributed by atoms with Crippen LogP contribution in [0.2, 0.25) is 0 Å². The number of urea groups is 1. The van der Waals surface area contributed by atoms with E-state index in [2.05, 4.69) is 10.6 Å². The minimum atomic E-state index is -3.26. The fraction of sp³-hybridized carbons (Fsp3) is 0.300. The molecule has 0 saturated heterocycles. The van der Waals surface area contributed by atoms with Gasteiger partial charge >= 0.3 is 6.03 Å². The highest BCUT2D eigenvalue weighted by Crippen LogP contribution is 2.22. The zero-order valence-electron chi connectivity index (χ0n) is 9.93. The van der Waals surface area contributed by atoms with Gasteiger partial charge in [-0.3, -0.25) is 0 Å². The molecule has 0 aromatic heterocycles. The molecule has 0 unspecified atom stereocenters. The highest BCUT2D eigenvalue weighted by molar-refractivity contribution is 7.90. The normalized spacial score (nSPS) is 10.9. The molecular weight excluding hydrogens is 256 g/mol. The van der Waals surface area contributed by atoms with Crippen molar-refractivity contribution in [1.29, 1.82) is 0 Å². The second-order valence-corrected chi connectivity index (χ2v) is 5.75. The fourth-order valence-corrected chi connectivity index (χ4v) is 1.97. The zero-order valence-corrected chi connectivity index (χ0v) is 10.8. The SMILES string of the molecule is CS(=O)(=O)c1ccc(NCCNC(N)=O)c(N)c1. The van der Waals surface area contributed by atoms with Crippen LogP contribution in [0.4, 0.5) is 16.2 Å². The molecule has 100 valence electrons. The first-order valence-electron chi connectivity index (χ1n) is 5.17. The average Bonchev–Trinajstić information content (AvgIpc) is 2.24. The van der Waals surface area contributed by atoms with Crippen LogP contribution in [0, 0.1) is 0 Å². The maximum atomic E-state index is 11.3. The van der Waals surface area contributed by atoms with Crippen LogP contribution in [0.25, 0.3) is 0 Å². The van der Waals surface area contributed by atoms with Gasteiger partial charge in [0.25, 0.3) is 0 Å². The van der Waals surface area contributed by atoms with Gasteiger partial charge < -0.3 is 22.1 Å². The third kappa shape index (κ3) is 4.13. The number of nitrogens with one attached hydrogen (secondary N) is 2. The van der Waals surface area contributed by atoms with Gasteiger partial charge in [-0.2, -0.15) is 0 Å². The number of rotatable bonds is 5. The minimum Gasteiger partial charge on any atom is -0.397 e. The molecule has 0 fully saturated rings. The standard InChI is InChI=1S/C10H16N4O3S/c1-18(16,17)7-2-3-9(8(11)6-7)13-4-5-14-10(12)15/h2-3,6,13H,4-5,11H2,1H3,(H3,12,14,15). The Morgan fingerprint density at radius 3 is 2.50 bits per heavy atom. The number of amides is 2. The molecule has 0 radical (unpaired) electrons. The van der Waals surface area contributed by atoms with Crippen LogP contribution < -0.4 is 22.1 Å². The number of benzene rings is 1. The summed E-state index contributed by atoms with van der Waals surface area (Å²) in [7, 11) is -3.26. The smallest absolute Gasteiger partial charge is 0.312 e. The minimum absolute atomic E-state index is 0.167. The van der Waals surface area contributed by atoms with E-state index >= 15 is 0 Å². The van der Waals surface area contributed by atoms with Crippen molar-refractivity contribution in [3.63, 3.8) is 0 Å². The summed E-state index contributed by atoms with van der Waals surface area (Å²) in [4.78, 5) is 10.6. The number of carbonyl (C=O) groups is 1. The summed E-state index contributed by atoms with van der Waals surface area (Å²) in [6, 6.07) is 3.84. The zero-order chi connectivity index (χ0) is 13.8. The van der Waals surface area contributed by atoms with Crippen LogP contribution in [0.15, 0.2) is 23.1 Å². The quantitative estimate of drug-likeness (QED) is 0.434. The lowest BCUT2D eigenvalue weighted by atomic mass is 10.2. The van der Waals surface area contributed by atoms with E-state index in [1.807, 2.05) is 0 Å². The van der Waals surface area contributed by atoms with Crippen LogP contribution in [0.1, 0.15) is 0 Å². The molecular formula is C10H16N4O3S. The summed E-state index contributed by atoms with van der Waals surface area (Å²) in [5, 5.41) is 5.37. The van der Waals surface area contributed by atoms with Gasteiger partial charge in [-0.1, -0.05) is 0 Å². The number of carbonyl (C=O) groups excluding carboxylic acids is 1. The summed E-state index contributed by atoms with van der Waals surface area (Å²) >= 11 is 0. The molecule has 0 saturated carbocycles. The summed E-state index contributed by atoms with van der Waals surface area (Å²) in [5.41, 5.74) is 11.6. The van der Waals surface area contributed by atoms with Crippen molar-refractivity contribution in [1.82, 2.24) is 5.32 Å². The monoisotopic (exact) mass is 272 g/mol. The number of anilines is 2. The Morgan fingerprint density at radius 2 is 2.00 bits per heavy atom. The molecule has 0 atom stereocenters. The van der Waals surface area contributed by atoms with E-state index in [0.717, 1.165) is 6.26 Å². The molecule has 0 aliphatic rings. The Kier molecular flexibility index (Phi) is 4.38. The van der Waals surface area contributed by atoms with E-state index in [9.17, 15) is 13.2 Å². The van der Waals surface area contributed by atoms with Crippen LogP contribution in [0.3, 0.4) is 0 Å². The van der Waals surface area contributed by atoms with E-state index in [0.29, 0.717) is 24.5 Å². The van der Waals surface area contributed by atoms with E-state index < -0.39 is 15.9 Å². The van der Waals surface area contributed by atoms with Crippen molar-refractivity contribution in [2.45, 2.75) is 4.90 Å². The van der Waals surface area contributed by atoms with Crippen LogP contribution >= 0.6 is 0 Å². The highest BCUT2D eigenvalue weighted by atomic mass is 32.2. The number of sulfone groups is 1. The van der Waals surface area contributed by atoms with E-state index in [4.69, 9.17) is 11.5 Å². The van der Waals surface area contributed by atoms with Gasteiger partial charge in [0.15, 0.2) is 9.84 Å². The Balaban J connectivity index is 2.66. The first-order chi connectivity index (χ1) is 8.30. The van der Waals surface area contributed by atoms with Crippen molar-refractivity contribution < 1.29 is 13.2 Å². The molecule has 18 heavy (non-hydrogen) atoms. The largest absolute Gasteiger partial charge is 0.397 e. The number of hydrogen-bond donors (Lipinski definition) is 4. The number of nitrogen functional groups attached to an aromatic ring is 1. The molecule has 1 rings (SSSR count). The Hall–Kier alpha value is -1.96. The van der Waals surface area contributed by atoms with E-state index in [1.54, 1.807) is 6.07 Å². The van der Waals surface area contributed by atoms with Gasteiger partial charge in [0.1, 0.15) is 0 Å². The second kappa shape index (κ2) is 5.58. The van der Waals surface area contributed by atoms with Crippen molar-refractivity contribution in [3.8, 4) is 0 Å². The summed E-state index contributed by atoms with van der Waals surface area (Å²) < 4.78 is 22.6. The number of hydrogen-bond acceptors (Lipinski definition) is 5. The molecule has 1 aromatic rings. The lowest BCUT2D eigenvalue weighted by Gasteiger charge is -2.10. The van der Waals surface area contributed by atoms with Gasteiger partial charge in [0, 0.05) is 19.3 Å². The number of nitrogens with two attached hydrogens (primary N) is 2. The first kappa shape index (κ1) is 14.1. The summed E-state index contributed by atoms with van der Waals surface area (Å²) in [5.74, 6) is 0. The van der Waals surface area contributed by atoms with Gasteiger partial charge in [0.05, 0.1) is 16.3 Å². The predicted octanol–water partition coefficient (Wildman–Crippen LogP) is -0.247. The Labute approximate surface area is 105 Å². The van der Waals surface area contributed by atoms with E-state index in [1.165, 1.54) is 12.1 Å². The molecule has 0 spiro atoms. The maximum absolute atomic E-state index is 11.3. The first-order valence-corrected chi connectivity index (χ1v) is 7.06. The van der Waals surface area contributed by atoms with Gasteiger partial charge in [-0.05, 0) is 18.2 Å². The molecule has 2 amide bonds. The van der Waals surface area contributed by atoms with E-state index in [-0.39, 0.29) is 4.90 Å². The van der Waals surface area contributed by atoms with Gasteiger partial charge in [-0.25, -0.2) is 13.2 Å². The Morgan fingerprint density at radius 1 is 1.33 bits per heavy atom. The van der Waals surface area contributed by atoms with Crippen molar-refractivity contribution in [2.24, 2.45) is 5.73 Å². The second-order valence-electron chi connectivity index (χ2n) is 3.74. The molecule has 1 aromatic carbocycles.